The molecular formula is C57H57BBrN4O16S4. The molecule has 0 saturated carbocycles. The van der Waals surface area contributed by atoms with Crippen molar-refractivity contribution in [3.8, 4) is 63.0 Å². The Bertz CT molecular complexity index is 3390. The predicted molar refractivity (Wildman–Crippen MR) is 324 cm³/mol. The lowest BCUT2D eigenvalue weighted by atomic mass is 9.89. The molecule has 1 unspecified atom stereocenters. The van der Waals surface area contributed by atoms with Crippen LogP contribution in [0.4, 0.5) is 0 Å². The molecule has 0 saturated heterocycles. The number of pyridine rings is 4. The molecule has 4 N–H and O–H groups in total. The van der Waals surface area contributed by atoms with Gasteiger partial charge in [-0.1, -0.05) is 24.3 Å². The van der Waals surface area contributed by atoms with Crippen molar-refractivity contribution in [1.29, 1.82) is 0 Å². The number of allylic oxidation sites excluding steroid dienone is 3. The fourth-order valence-corrected chi connectivity index (χ4v) is 10.2. The molecule has 20 nitrogen and oxygen atoms in total. The summed E-state index contributed by atoms with van der Waals surface area (Å²) in [5, 5.41) is 25.5. The molecule has 8 aromatic heterocycles. The van der Waals surface area contributed by atoms with Crippen molar-refractivity contribution in [2.75, 3.05) is 42.7 Å². The lowest BCUT2D eigenvalue weighted by Crippen LogP contribution is -2.12. The van der Waals surface area contributed by atoms with E-state index in [1.165, 1.54) is 49.9 Å². The minimum atomic E-state index is -0.582. The van der Waals surface area contributed by atoms with Crippen LogP contribution in [0, 0.1) is 0 Å². The van der Waals surface area contributed by atoms with Crippen molar-refractivity contribution in [3.63, 3.8) is 0 Å². The summed E-state index contributed by atoms with van der Waals surface area (Å²) in [6.45, 7) is 1.54. The van der Waals surface area contributed by atoms with E-state index < -0.39 is 11.9 Å². The van der Waals surface area contributed by atoms with E-state index in [1.807, 2.05) is 88.9 Å². The number of aldehydes is 2. The smallest absolute Gasteiger partial charge is 0.536 e. The Morgan fingerprint density at radius 3 is 1.52 bits per heavy atom. The number of rotatable bonds is 16. The first kappa shape index (κ1) is 69.0. The topological polar surface area (TPSA) is 291 Å². The monoisotopic (exact) mass is 1270 g/mol. The van der Waals surface area contributed by atoms with Gasteiger partial charge in [0.1, 0.15) is 21.7 Å². The zero-order valence-electron chi connectivity index (χ0n) is 45.7. The zero-order chi connectivity index (χ0) is 59.8. The molecule has 8 aromatic rings. The molecule has 0 spiro atoms. The number of hydrogen-bond donors (Lipinski definition) is 2. The van der Waals surface area contributed by atoms with E-state index in [-0.39, 0.29) is 35.1 Å². The van der Waals surface area contributed by atoms with E-state index >= 15 is 0 Å². The van der Waals surface area contributed by atoms with E-state index in [9.17, 15) is 33.9 Å². The molecule has 83 heavy (non-hydrogen) atoms. The second-order valence-electron chi connectivity index (χ2n) is 15.9. The van der Waals surface area contributed by atoms with Crippen molar-refractivity contribution >= 4 is 111 Å². The minimum Gasteiger partial charge on any atom is -0.536 e. The van der Waals surface area contributed by atoms with Gasteiger partial charge in [-0.3, -0.25) is 28.8 Å². The lowest BCUT2D eigenvalue weighted by molar-refractivity contribution is -0.151. The minimum absolute atomic E-state index is 0. The van der Waals surface area contributed by atoms with Crippen LogP contribution in [-0.2, 0) is 28.7 Å². The van der Waals surface area contributed by atoms with Gasteiger partial charge in [-0.15, -0.1) is 45.3 Å². The third-order valence-corrected chi connectivity index (χ3v) is 14.5. The summed E-state index contributed by atoms with van der Waals surface area (Å²) in [5.41, 5.74) is 5.31. The molecule has 9 rings (SSSR count). The quantitative estimate of drug-likeness (QED) is 0.0227. The second-order valence-corrected chi connectivity index (χ2v) is 20.5. The van der Waals surface area contributed by atoms with Gasteiger partial charge in [-0.2, -0.15) is 0 Å². The number of ether oxygens (including phenoxy) is 6. The maximum atomic E-state index is 11.7. The highest BCUT2D eigenvalue weighted by atomic mass is 79.9. The van der Waals surface area contributed by atoms with Gasteiger partial charge >= 0.3 is 19.6 Å². The van der Waals surface area contributed by atoms with Crippen LogP contribution in [0.5, 0.6) is 29.3 Å². The highest BCUT2D eigenvalue weighted by molar-refractivity contribution is 9.10. The molecule has 8 heterocycles. The van der Waals surface area contributed by atoms with E-state index in [1.54, 1.807) is 92.9 Å². The summed E-state index contributed by atoms with van der Waals surface area (Å²) in [5.74, 6) is 1.74. The van der Waals surface area contributed by atoms with Gasteiger partial charge in [0.05, 0.1) is 70.4 Å². The molecule has 1 radical (unpaired) electrons. The van der Waals surface area contributed by atoms with Gasteiger partial charge in [0, 0.05) is 75.5 Å². The molecule has 26 heteroatoms. The molecule has 0 amide bonds. The first-order chi connectivity index (χ1) is 39.6. The maximum Gasteiger partial charge on any atom is 0.569 e. The fraction of sp³-hybridized carbons (Fsp3) is 0.193. The Balaban J connectivity index is 0.000000269. The molecule has 0 bridgehead atoms. The van der Waals surface area contributed by atoms with Crippen molar-refractivity contribution in [3.05, 3.63) is 161 Å². The van der Waals surface area contributed by atoms with Crippen molar-refractivity contribution < 1.29 is 77.4 Å². The number of nitrogens with zero attached hydrogens (tertiary/aromatic N) is 4. The number of aliphatic hydroxyl groups excluding tert-OH is 1. The van der Waals surface area contributed by atoms with Crippen LogP contribution >= 0.6 is 61.3 Å². The highest BCUT2D eigenvalue weighted by Gasteiger charge is 2.26. The number of aliphatic hydroxyl groups is 1. The summed E-state index contributed by atoms with van der Waals surface area (Å²) in [4.78, 5) is 84.5. The number of aromatic nitrogens is 4. The number of halogens is 1. The molecule has 0 aromatic carbocycles. The molecule has 0 aliphatic heterocycles. The number of thiophene rings is 4. The predicted octanol–water partition coefficient (Wildman–Crippen LogP) is 11.0. The van der Waals surface area contributed by atoms with Crippen molar-refractivity contribution in [2.24, 2.45) is 0 Å². The molecule has 0 fully saturated rings. The van der Waals surface area contributed by atoms with Crippen LogP contribution in [-0.4, -0.2) is 122 Å². The first-order valence-electron chi connectivity index (χ1n) is 23.9. The summed E-state index contributed by atoms with van der Waals surface area (Å²) in [7, 11) is 9.32. The zero-order valence-corrected chi connectivity index (χ0v) is 50.6. The van der Waals surface area contributed by atoms with Gasteiger partial charge in [-0.05, 0) is 105 Å². The number of ketones is 2. The largest absolute Gasteiger partial charge is 0.569 e. The van der Waals surface area contributed by atoms with E-state index in [0.29, 0.717) is 65.8 Å². The van der Waals surface area contributed by atoms with Crippen LogP contribution in [0.1, 0.15) is 61.2 Å². The number of hydrogen-bond acceptors (Lipinski definition) is 23. The average molecular weight is 1270 g/mol. The summed E-state index contributed by atoms with van der Waals surface area (Å²) in [6, 6.07) is 29.7. The van der Waals surface area contributed by atoms with Crippen LogP contribution in [0.25, 0.3) is 39.8 Å². The third kappa shape index (κ3) is 23.3. The number of methoxy groups -OCH3 is 6. The van der Waals surface area contributed by atoms with Gasteiger partial charge in [0.15, 0.2) is 24.1 Å². The molecule has 1 aliphatic rings. The van der Waals surface area contributed by atoms with Crippen LogP contribution < -0.4 is 23.6 Å². The average Bonchev–Trinajstić information content (AvgIpc) is 4.41. The van der Waals surface area contributed by atoms with Gasteiger partial charge in [0.25, 0.3) is 0 Å². The Hall–Kier alpha value is -8.24. The number of esters is 2. The standard InChI is InChI=1S/C16H15NO3S.C14H13NO2S.C11H9NO2S.C6H6BrNO.C5H4BO3S.C5H8O4.H2O/c1-20-15-4-2-3-14(17-15)13-5-6-21-16(13)10-7-11(18)9-12(19)8-10;1-10(16)6-7-13-11(8-9-18-13)12-4-3-5-14(15-12)17-2;1-14-11-4-2-3-9(12-11)8-5-6-15-10(8)7-13;1-9-6-4-2-3-5(7)8-6;7-3-5-4(9-6-8)1-2-10-5;1-8-4(6)3-5(7)9-2;/h2-6,9-10,18H,7-8H2,1H3;3-9H,1-2H3;2-7H,1H3;2-4H,1H3;1-3,8H;3H2,1-2H3;1H2/b;7-6+;;;;;. The summed E-state index contributed by atoms with van der Waals surface area (Å²) < 4.78 is 33.9. The number of carbonyl (C=O) groups is 6. The normalized spacial score (nSPS) is 11.7. The third-order valence-electron chi connectivity index (χ3n) is 10.5. The van der Waals surface area contributed by atoms with Crippen LogP contribution in [0.3, 0.4) is 0 Å². The van der Waals surface area contributed by atoms with Gasteiger partial charge < -0.3 is 48.7 Å². The number of carbonyl (C=O) groups excluding carboxylic acids is 6. The summed E-state index contributed by atoms with van der Waals surface area (Å²) in [6.07, 6.45) is 6.87. The van der Waals surface area contributed by atoms with Crippen LogP contribution in [0.2, 0.25) is 0 Å². The Labute approximate surface area is 503 Å². The van der Waals surface area contributed by atoms with Crippen LogP contribution in [0.15, 0.2) is 141 Å². The molecule has 435 valence electrons. The highest BCUT2D eigenvalue weighted by Crippen LogP contribution is 2.40. The second kappa shape index (κ2) is 37.7. The first-order valence-corrected chi connectivity index (χ1v) is 28.2. The van der Waals surface area contributed by atoms with Gasteiger partial charge in [-0.25, -0.2) is 19.9 Å². The van der Waals surface area contributed by atoms with Crippen molar-refractivity contribution in [2.45, 2.75) is 32.1 Å². The fourth-order valence-electron chi connectivity index (χ4n) is 6.73. The molecule has 1 aliphatic carbocycles. The van der Waals surface area contributed by atoms with E-state index in [2.05, 4.69) is 50.0 Å². The Kier molecular flexibility index (Phi) is 31.4. The maximum absolute atomic E-state index is 11.7. The Morgan fingerprint density at radius 2 is 1.06 bits per heavy atom. The summed E-state index contributed by atoms with van der Waals surface area (Å²) >= 11 is 9.06. The lowest BCUT2D eigenvalue weighted by Gasteiger charge is -2.19. The SMILES string of the molecule is COC(=O)CC(=O)OC.COc1cccc(-c2ccsc2/C=C/C(C)=O)n1.COc1cccc(-c2ccsc2C2CC(=O)C=C(O)C2)n1.COc1cccc(-c2ccsc2C=O)n1.COc1cccc(Br)n1.O.O=Cc1sccc1O[B]O. The van der Waals surface area contributed by atoms with E-state index in [4.69, 9.17) is 24.0 Å². The Morgan fingerprint density at radius 1 is 0.614 bits per heavy atom. The molecule has 1 atom stereocenters. The van der Waals surface area contributed by atoms with Crippen molar-refractivity contribution in [1.82, 2.24) is 19.9 Å². The van der Waals surface area contributed by atoms with Gasteiger partial charge in [0.2, 0.25) is 23.5 Å². The van der Waals surface area contributed by atoms with E-state index in [0.717, 1.165) is 54.4 Å². The molecular weight excluding hydrogens is 1220 g/mol.